The fourth-order valence-electron chi connectivity index (χ4n) is 2.48. The molecule has 0 aliphatic carbocycles. The van der Waals surface area contributed by atoms with Gasteiger partial charge in [0.25, 0.3) is 0 Å². The quantitative estimate of drug-likeness (QED) is 0.501. The van der Waals surface area contributed by atoms with E-state index in [2.05, 4.69) is 47.7 Å². The first-order chi connectivity index (χ1) is 9.24. The summed E-state index contributed by atoms with van der Waals surface area (Å²) in [7, 11) is 0. The van der Waals surface area contributed by atoms with Crippen LogP contribution in [0.25, 0.3) is 17.1 Å². The predicted molar refractivity (Wildman–Crippen MR) is 74.1 cm³/mol. The van der Waals surface area contributed by atoms with Crippen molar-refractivity contribution in [2.24, 2.45) is 0 Å². The van der Waals surface area contributed by atoms with E-state index < -0.39 is 0 Å². The molecule has 0 unspecified atom stereocenters. The monoisotopic (exact) mass is 315 g/mol. The number of fused-ring (bicyclic) bond motifs is 5. The van der Waals surface area contributed by atoms with Crippen LogP contribution in [0.2, 0.25) is 0 Å². The van der Waals surface area contributed by atoms with E-state index in [0.29, 0.717) is 6.54 Å². The largest absolute Gasteiger partial charge is 0.300 e. The SMILES string of the molecule is Cc1ncn2c1Cn1ncnc1-c1ccc(Br)cc1-2. The Labute approximate surface area is 118 Å². The predicted octanol–water partition coefficient (Wildman–Crippen LogP) is 2.56. The van der Waals surface area contributed by atoms with E-state index in [1.165, 1.54) is 0 Å². The minimum atomic E-state index is 0.688. The van der Waals surface area contributed by atoms with Gasteiger partial charge < -0.3 is 4.57 Å². The van der Waals surface area contributed by atoms with E-state index >= 15 is 0 Å². The lowest BCUT2D eigenvalue weighted by Gasteiger charge is -2.08. The fraction of sp³-hybridized carbons (Fsp3) is 0.154. The first-order valence-electron chi connectivity index (χ1n) is 5.95. The Kier molecular flexibility index (Phi) is 2.17. The number of benzene rings is 1. The second-order valence-electron chi connectivity index (χ2n) is 4.55. The van der Waals surface area contributed by atoms with Crippen molar-refractivity contribution in [1.82, 2.24) is 24.3 Å². The van der Waals surface area contributed by atoms with Gasteiger partial charge in [0, 0.05) is 10.0 Å². The van der Waals surface area contributed by atoms with E-state index in [0.717, 1.165) is 32.9 Å². The van der Waals surface area contributed by atoms with Gasteiger partial charge in [0.1, 0.15) is 6.33 Å². The summed E-state index contributed by atoms with van der Waals surface area (Å²) in [6, 6.07) is 6.17. The van der Waals surface area contributed by atoms with Gasteiger partial charge in [-0.2, -0.15) is 5.10 Å². The topological polar surface area (TPSA) is 48.5 Å². The van der Waals surface area contributed by atoms with Crippen molar-refractivity contribution in [3.63, 3.8) is 0 Å². The van der Waals surface area contributed by atoms with Crippen LogP contribution in [0.15, 0.2) is 35.3 Å². The first-order valence-corrected chi connectivity index (χ1v) is 6.74. The van der Waals surface area contributed by atoms with Crippen molar-refractivity contribution >= 4 is 15.9 Å². The molecule has 1 aromatic carbocycles. The van der Waals surface area contributed by atoms with Crippen LogP contribution in [-0.4, -0.2) is 24.3 Å². The lowest BCUT2D eigenvalue weighted by Crippen LogP contribution is -2.05. The molecule has 0 amide bonds. The molecule has 3 aromatic rings. The van der Waals surface area contributed by atoms with Crippen molar-refractivity contribution in [1.29, 1.82) is 0 Å². The summed E-state index contributed by atoms with van der Waals surface area (Å²) in [6.45, 7) is 2.71. The molecular weight excluding hydrogens is 306 g/mol. The minimum Gasteiger partial charge on any atom is -0.300 e. The standard InChI is InChI=1S/C13H10BrN5/c1-8-12-5-19-13(15-6-17-19)10-3-2-9(14)4-11(10)18(12)7-16-8/h2-4,6-7H,5H2,1H3. The smallest absolute Gasteiger partial charge is 0.160 e. The highest BCUT2D eigenvalue weighted by atomic mass is 79.9. The molecule has 0 saturated heterocycles. The third kappa shape index (κ3) is 1.49. The number of nitrogens with zero attached hydrogens (tertiary/aromatic N) is 5. The van der Waals surface area contributed by atoms with Crippen LogP contribution in [0.5, 0.6) is 0 Å². The second-order valence-corrected chi connectivity index (χ2v) is 5.47. The third-order valence-corrected chi connectivity index (χ3v) is 3.94. The van der Waals surface area contributed by atoms with Crippen molar-refractivity contribution in [3.8, 4) is 17.1 Å². The van der Waals surface area contributed by atoms with E-state index in [-0.39, 0.29) is 0 Å². The molecule has 19 heavy (non-hydrogen) atoms. The van der Waals surface area contributed by atoms with E-state index in [9.17, 15) is 0 Å². The number of aryl methyl sites for hydroxylation is 1. The number of hydrogen-bond acceptors (Lipinski definition) is 3. The normalized spacial score (nSPS) is 12.5. The molecule has 3 heterocycles. The molecule has 94 valence electrons. The van der Waals surface area contributed by atoms with Gasteiger partial charge in [0.05, 0.1) is 29.9 Å². The molecule has 0 radical (unpaired) electrons. The molecule has 5 nitrogen and oxygen atoms in total. The molecule has 0 atom stereocenters. The summed E-state index contributed by atoms with van der Waals surface area (Å²) in [4.78, 5) is 8.79. The van der Waals surface area contributed by atoms with Crippen LogP contribution in [0.3, 0.4) is 0 Å². The maximum atomic E-state index is 4.41. The average molecular weight is 316 g/mol. The van der Waals surface area contributed by atoms with Gasteiger partial charge >= 0.3 is 0 Å². The molecule has 6 heteroatoms. The van der Waals surface area contributed by atoms with Crippen LogP contribution in [-0.2, 0) is 6.54 Å². The maximum absolute atomic E-state index is 4.41. The molecule has 2 aromatic heterocycles. The summed E-state index contributed by atoms with van der Waals surface area (Å²) in [5, 5.41) is 4.31. The maximum Gasteiger partial charge on any atom is 0.160 e. The number of imidazole rings is 1. The Hall–Kier alpha value is -1.95. The van der Waals surface area contributed by atoms with Crippen LogP contribution >= 0.6 is 15.9 Å². The Morgan fingerprint density at radius 2 is 2.16 bits per heavy atom. The lowest BCUT2D eigenvalue weighted by atomic mass is 10.1. The van der Waals surface area contributed by atoms with Crippen LogP contribution in [0.1, 0.15) is 11.4 Å². The molecule has 1 aliphatic heterocycles. The number of aromatic nitrogens is 5. The van der Waals surface area contributed by atoms with Gasteiger partial charge in [-0.3, -0.25) is 0 Å². The first kappa shape index (κ1) is 10.9. The minimum absolute atomic E-state index is 0.688. The van der Waals surface area contributed by atoms with E-state index in [1.807, 2.05) is 24.0 Å². The third-order valence-electron chi connectivity index (χ3n) is 3.45. The number of rotatable bonds is 0. The van der Waals surface area contributed by atoms with Crippen molar-refractivity contribution < 1.29 is 0 Å². The summed E-state index contributed by atoms with van der Waals surface area (Å²) in [6.07, 6.45) is 3.46. The van der Waals surface area contributed by atoms with Gasteiger partial charge in [-0.05, 0) is 25.1 Å². The summed E-state index contributed by atoms with van der Waals surface area (Å²) in [5.41, 5.74) is 4.31. The molecule has 0 bridgehead atoms. The zero-order chi connectivity index (χ0) is 13.0. The average Bonchev–Trinajstić information content (AvgIpc) is 2.96. The van der Waals surface area contributed by atoms with Gasteiger partial charge in [0.2, 0.25) is 0 Å². The Morgan fingerprint density at radius 3 is 3.05 bits per heavy atom. The number of halogens is 1. The Morgan fingerprint density at radius 1 is 1.26 bits per heavy atom. The molecule has 4 rings (SSSR count). The zero-order valence-electron chi connectivity index (χ0n) is 10.2. The fourth-order valence-corrected chi connectivity index (χ4v) is 2.83. The summed E-state index contributed by atoms with van der Waals surface area (Å²) in [5.74, 6) is 0.894. The van der Waals surface area contributed by atoms with Gasteiger partial charge in [-0.15, -0.1) is 0 Å². The van der Waals surface area contributed by atoms with Crippen molar-refractivity contribution in [3.05, 3.63) is 46.7 Å². The molecule has 0 spiro atoms. The molecular formula is C13H10BrN5. The highest BCUT2D eigenvalue weighted by molar-refractivity contribution is 9.10. The van der Waals surface area contributed by atoms with Gasteiger partial charge in [0.15, 0.2) is 5.82 Å². The van der Waals surface area contributed by atoms with Crippen LogP contribution < -0.4 is 0 Å². The highest BCUT2D eigenvalue weighted by Crippen LogP contribution is 2.32. The highest BCUT2D eigenvalue weighted by Gasteiger charge is 2.22. The van der Waals surface area contributed by atoms with Gasteiger partial charge in [-0.1, -0.05) is 15.9 Å². The second kappa shape index (κ2) is 3.77. The zero-order valence-corrected chi connectivity index (χ0v) is 11.8. The van der Waals surface area contributed by atoms with Crippen molar-refractivity contribution in [2.75, 3.05) is 0 Å². The molecule has 0 saturated carbocycles. The Balaban J connectivity index is 2.13. The van der Waals surface area contributed by atoms with Gasteiger partial charge in [-0.25, -0.2) is 14.6 Å². The van der Waals surface area contributed by atoms with Crippen molar-refractivity contribution in [2.45, 2.75) is 13.5 Å². The molecule has 0 fully saturated rings. The Bertz CT molecular complexity index is 786. The van der Waals surface area contributed by atoms with Crippen LogP contribution in [0.4, 0.5) is 0 Å². The number of hydrogen-bond donors (Lipinski definition) is 0. The molecule has 1 aliphatic rings. The van der Waals surface area contributed by atoms with Crippen LogP contribution in [0, 0.1) is 6.92 Å². The molecule has 0 N–H and O–H groups in total. The van der Waals surface area contributed by atoms with E-state index in [1.54, 1.807) is 6.33 Å². The summed E-state index contributed by atoms with van der Waals surface area (Å²) < 4.78 is 5.07. The summed E-state index contributed by atoms with van der Waals surface area (Å²) >= 11 is 3.53. The lowest BCUT2D eigenvalue weighted by molar-refractivity contribution is 0.674. The van der Waals surface area contributed by atoms with E-state index in [4.69, 9.17) is 0 Å².